The largest absolute Gasteiger partial charge is 0.357 e. The van der Waals surface area contributed by atoms with Gasteiger partial charge in [-0.15, -0.1) is 17.3 Å². The molecule has 1 unspecified atom stereocenters. The maximum absolute atomic E-state index is 11.8. The van der Waals surface area contributed by atoms with Crippen molar-refractivity contribution in [1.29, 1.82) is 5.41 Å². The van der Waals surface area contributed by atoms with Gasteiger partial charge in [-0.3, -0.25) is 10.2 Å². The second kappa shape index (κ2) is 5.91. The van der Waals surface area contributed by atoms with Crippen molar-refractivity contribution in [1.82, 2.24) is 10.2 Å². The monoisotopic (exact) mass is 347 g/mol. The van der Waals surface area contributed by atoms with E-state index < -0.39 is 0 Å². The van der Waals surface area contributed by atoms with Crippen molar-refractivity contribution >= 4 is 43.3 Å². The highest BCUT2D eigenvalue weighted by molar-refractivity contribution is 7.25. The summed E-state index contributed by atoms with van der Waals surface area (Å²) in [5.74, 6) is 5.76. The van der Waals surface area contributed by atoms with Gasteiger partial charge in [0.1, 0.15) is 0 Å². The quantitative estimate of drug-likeness (QED) is 0.662. The van der Waals surface area contributed by atoms with Crippen molar-refractivity contribution in [2.75, 3.05) is 13.6 Å². The summed E-state index contributed by atoms with van der Waals surface area (Å²) in [6, 6.07) is 12.6. The molecular formula is C20H17N3OS. The van der Waals surface area contributed by atoms with Crippen LogP contribution in [0.15, 0.2) is 36.4 Å². The third-order valence-electron chi connectivity index (χ3n) is 4.50. The molecule has 1 saturated heterocycles. The van der Waals surface area contributed by atoms with Gasteiger partial charge in [-0.2, -0.15) is 0 Å². The van der Waals surface area contributed by atoms with Crippen LogP contribution in [0.4, 0.5) is 0 Å². The third-order valence-corrected chi connectivity index (χ3v) is 5.65. The number of amidine groups is 1. The molecule has 4 nitrogen and oxygen atoms in total. The normalized spacial score (nSPS) is 17.5. The summed E-state index contributed by atoms with van der Waals surface area (Å²) in [4.78, 5) is 13.4. The van der Waals surface area contributed by atoms with Crippen LogP contribution >= 0.6 is 11.3 Å². The van der Waals surface area contributed by atoms with Crippen molar-refractivity contribution in [3.63, 3.8) is 0 Å². The summed E-state index contributed by atoms with van der Waals surface area (Å²) in [7, 11) is 1.74. The first-order valence-electron chi connectivity index (χ1n) is 8.06. The Morgan fingerprint density at radius 3 is 2.64 bits per heavy atom. The summed E-state index contributed by atoms with van der Waals surface area (Å²) >= 11 is 1.77. The van der Waals surface area contributed by atoms with Crippen LogP contribution < -0.4 is 5.32 Å². The van der Waals surface area contributed by atoms with E-state index in [4.69, 9.17) is 5.41 Å². The summed E-state index contributed by atoms with van der Waals surface area (Å²) < 4.78 is 2.47. The molecule has 3 aromatic rings. The molecule has 2 heterocycles. The number of hydrogen-bond acceptors (Lipinski definition) is 3. The summed E-state index contributed by atoms with van der Waals surface area (Å²) in [5, 5.41) is 13.3. The minimum absolute atomic E-state index is 0.0467. The molecule has 124 valence electrons. The van der Waals surface area contributed by atoms with Crippen LogP contribution in [0.2, 0.25) is 0 Å². The van der Waals surface area contributed by atoms with Crippen molar-refractivity contribution < 1.29 is 4.79 Å². The molecule has 1 fully saturated rings. The molecule has 2 aromatic carbocycles. The minimum atomic E-state index is -0.263. The molecule has 1 amide bonds. The maximum atomic E-state index is 11.8. The lowest BCUT2D eigenvalue weighted by molar-refractivity contribution is -0.124. The number of hydrogen-bond donors (Lipinski definition) is 2. The number of fused-ring (bicyclic) bond motifs is 3. The lowest BCUT2D eigenvalue weighted by Crippen LogP contribution is -2.51. The number of piperazine rings is 1. The molecule has 1 aliphatic heterocycles. The Hall–Kier alpha value is -2.84. The van der Waals surface area contributed by atoms with Gasteiger partial charge in [-0.25, -0.2) is 0 Å². The second-order valence-electron chi connectivity index (χ2n) is 6.20. The third kappa shape index (κ3) is 2.65. The first-order valence-corrected chi connectivity index (χ1v) is 8.88. The van der Waals surface area contributed by atoms with Crippen molar-refractivity contribution in [2.24, 2.45) is 0 Å². The van der Waals surface area contributed by atoms with E-state index in [-0.39, 0.29) is 17.8 Å². The fraction of sp³-hybridized carbons (Fsp3) is 0.200. The number of likely N-dealkylation sites (N-methyl/N-ethyl adjacent to an activating group) is 1. The maximum Gasteiger partial charge on any atom is 0.288 e. The van der Waals surface area contributed by atoms with Crippen molar-refractivity contribution in [3.8, 4) is 11.8 Å². The number of amides is 1. The second-order valence-corrected chi connectivity index (χ2v) is 7.28. The van der Waals surface area contributed by atoms with Gasteiger partial charge in [-0.1, -0.05) is 12.0 Å². The highest BCUT2D eigenvalue weighted by Gasteiger charge is 2.28. The van der Waals surface area contributed by atoms with Gasteiger partial charge in [0.15, 0.2) is 5.84 Å². The molecule has 0 bridgehead atoms. The van der Waals surface area contributed by atoms with Crippen LogP contribution in [0.3, 0.4) is 0 Å². The predicted octanol–water partition coefficient (Wildman–Crippen LogP) is 3.51. The standard InChI is InChI=1S/C20H17N3OS/c1-3-4-12-5-7-17-14(9-12)15-10-13(6-8-18(15)25-17)16-11-23(2)20(24)19(21)22-16/h5-10,16H,11H2,1-2H3,(H2,21,22). The Morgan fingerprint density at radius 2 is 1.92 bits per heavy atom. The van der Waals surface area contributed by atoms with E-state index >= 15 is 0 Å². The lowest BCUT2D eigenvalue weighted by Gasteiger charge is -2.31. The average molecular weight is 347 g/mol. The zero-order chi connectivity index (χ0) is 17.6. The van der Waals surface area contributed by atoms with Crippen LogP contribution in [0, 0.1) is 17.3 Å². The number of carbonyl (C=O) groups is 1. The predicted molar refractivity (Wildman–Crippen MR) is 103 cm³/mol. The topological polar surface area (TPSA) is 56.2 Å². The zero-order valence-electron chi connectivity index (χ0n) is 14.0. The fourth-order valence-electron chi connectivity index (χ4n) is 3.25. The van der Waals surface area contributed by atoms with Crippen molar-refractivity contribution in [3.05, 3.63) is 47.5 Å². The van der Waals surface area contributed by atoms with Crippen LogP contribution in [0.1, 0.15) is 24.1 Å². The molecule has 0 aliphatic carbocycles. The summed E-state index contributed by atoms with van der Waals surface area (Å²) in [6.45, 7) is 2.40. The Bertz CT molecular complexity index is 1090. The number of nitrogens with zero attached hydrogens (tertiary/aromatic N) is 1. The number of rotatable bonds is 1. The van der Waals surface area contributed by atoms with E-state index in [2.05, 4.69) is 53.6 Å². The number of benzene rings is 2. The minimum Gasteiger partial charge on any atom is -0.357 e. The van der Waals surface area contributed by atoms with Gasteiger partial charge in [-0.05, 0) is 42.8 Å². The molecule has 5 heteroatoms. The van der Waals surface area contributed by atoms with Crippen molar-refractivity contribution in [2.45, 2.75) is 13.0 Å². The number of nitrogens with one attached hydrogen (secondary N) is 2. The Balaban J connectivity index is 1.82. The first-order chi connectivity index (χ1) is 12.1. The van der Waals surface area contributed by atoms with Gasteiger partial charge in [0.25, 0.3) is 5.91 Å². The summed E-state index contributed by atoms with van der Waals surface area (Å²) in [5.41, 5.74) is 2.10. The molecule has 1 aliphatic rings. The van der Waals surface area contributed by atoms with Crippen LogP contribution in [0.5, 0.6) is 0 Å². The molecule has 0 radical (unpaired) electrons. The van der Waals surface area contributed by atoms with E-state index in [0.29, 0.717) is 6.54 Å². The van der Waals surface area contributed by atoms with E-state index in [0.717, 1.165) is 11.1 Å². The first kappa shape index (κ1) is 15.7. The molecule has 1 aromatic heterocycles. The smallest absolute Gasteiger partial charge is 0.288 e. The Kier molecular flexibility index (Phi) is 3.70. The van der Waals surface area contributed by atoms with E-state index in [9.17, 15) is 4.79 Å². The summed E-state index contributed by atoms with van der Waals surface area (Å²) in [6.07, 6.45) is 0. The van der Waals surface area contributed by atoms with E-state index in [1.807, 2.05) is 6.92 Å². The van der Waals surface area contributed by atoms with Crippen LogP contribution in [-0.2, 0) is 4.79 Å². The molecule has 2 N–H and O–H groups in total. The van der Waals surface area contributed by atoms with Crippen LogP contribution in [-0.4, -0.2) is 30.2 Å². The molecule has 4 rings (SSSR count). The van der Waals surface area contributed by atoms with Gasteiger partial charge in [0.2, 0.25) is 0 Å². The lowest BCUT2D eigenvalue weighted by atomic mass is 10.0. The average Bonchev–Trinajstić information content (AvgIpc) is 2.97. The molecule has 25 heavy (non-hydrogen) atoms. The highest BCUT2D eigenvalue weighted by atomic mass is 32.1. The molecule has 0 spiro atoms. The van der Waals surface area contributed by atoms with Gasteiger partial charge in [0.05, 0.1) is 6.04 Å². The zero-order valence-corrected chi connectivity index (χ0v) is 14.8. The fourth-order valence-corrected chi connectivity index (χ4v) is 4.32. The molecule has 1 atom stereocenters. The van der Waals surface area contributed by atoms with Gasteiger partial charge in [0, 0.05) is 39.3 Å². The number of thiophene rings is 1. The Labute approximate surface area is 150 Å². The van der Waals surface area contributed by atoms with E-state index in [1.54, 1.807) is 23.3 Å². The SMILES string of the molecule is CC#Cc1ccc2sc3ccc(C4CN(C)C(=O)C(=N)N4)cc3c2c1. The molecule has 0 saturated carbocycles. The number of carbonyl (C=O) groups excluding carboxylic acids is 1. The Morgan fingerprint density at radius 1 is 1.20 bits per heavy atom. The van der Waals surface area contributed by atoms with Gasteiger partial charge < -0.3 is 10.2 Å². The highest BCUT2D eigenvalue weighted by Crippen LogP contribution is 2.36. The molecular weight excluding hydrogens is 330 g/mol. The van der Waals surface area contributed by atoms with Gasteiger partial charge >= 0.3 is 0 Å². The van der Waals surface area contributed by atoms with Crippen LogP contribution in [0.25, 0.3) is 20.2 Å². The van der Waals surface area contributed by atoms with E-state index in [1.165, 1.54) is 20.2 Å².